The lowest BCUT2D eigenvalue weighted by atomic mass is 10.6. The molecule has 1 aliphatic rings. The Kier molecular flexibility index (Phi) is 5.07. The molecule has 16 heavy (non-hydrogen) atoms. The highest BCUT2D eigenvalue weighted by Gasteiger charge is 2.26. The second kappa shape index (κ2) is 6.34. The van der Waals surface area contributed by atoms with Crippen LogP contribution in [0.2, 0.25) is 0 Å². The van der Waals surface area contributed by atoms with Gasteiger partial charge < -0.3 is 24.0 Å². The number of carbonyl (C=O) groups is 1. The van der Waals surface area contributed by atoms with Crippen LogP contribution in [0.15, 0.2) is 12.4 Å². The van der Waals surface area contributed by atoms with Gasteiger partial charge in [0.2, 0.25) is 0 Å². The lowest BCUT2D eigenvalue weighted by Crippen LogP contribution is -2.42. The molecule has 0 saturated heterocycles. The molecule has 1 atom stereocenters. The van der Waals surface area contributed by atoms with Crippen LogP contribution in [0, 0.1) is 0 Å². The van der Waals surface area contributed by atoms with E-state index in [0.717, 1.165) is 0 Å². The minimum absolute atomic E-state index is 0.0392. The van der Waals surface area contributed by atoms with Crippen LogP contribution in [0.3, 0.4) is 0 Å². The summed E-state index contributed by atoms with van der Waals surface area (Å²) in [5, 5.41) is 0. The van der Waals surface area contributed by atoms with E-state index < -0.39 is 6.35 Å². The quantitative estimate of drug-likeness (QED) is 0.590. The normalized spacial score (nSPS) is 19.3. The standard InChI is InChI=1S/C10H18N2O4/c1-11-4-5-12(6-7-14-2)10(11)16-9(13)8-15-3/h4-5,10H,6-8H2,1-3H3. The van der Waals surface area contributed by atoms with E-state index in [4.69, 9.17) is 14.2 Å². The molecule has 0 aliphatic carbocycles. The van der Waals surface area contributed by atoms with Gasteiger partial charge in [-0.05, 0) is 0 Å². The van der Waals surface area contributed by atoms with E-state index in [1.165, 1.54) is 7.11 Å². The molecule has 92 valence electrons. The number of rotatable bonds is 6. The van der Waals surface area contributed by atoms with Gasteiger partial charge in [0.15, 0.2) is 0 Å². The predicted octanol–water partition coefficient (Wildman–Crippen LogP) is -0.175. The Morgan fingerprint density at radius 1 is 1.31 bits per heavy atom. The number of nitrogens with zero attached hydrogens (tertiary/aromatic N) is 2. The summed E-state index contributed by atoms with van der Waals surface area (Å²) in [4.78, 5) is 15.0. The number of ether oxygens (including phenoxy) is 3. The van der Waals surface area contributed by atoms with Gasteiger partial charge in [0, 0.05) is 40.2 Å². The monoisotopic (exact) mass is 230 g/mol. The molecule has 6 heteroatoms. The third-order valence-corrected chi connectivity index (χ3v) is 2.18. The van der Waals surface area contributed by atoms with Crippen molar-refractivity contribution in [1.82, 2.24) is 9.80 Å². The van der Waals surface area contributed by atoms with Gasteiger partial charge in [0.1, 0.15) is 6.61 Å². The molecule has 0 aromatic carbocycles. The van der Waals surface area contributed by atoms with E-state index in [2.05, 4.69) is 0 Å². The summed E-state index contributed by atoms with van der Waals surface area (Å²) in [6, 6.07) is 0. The van der Waals surface area contributed by atoms with Gasteiger partial charge in [-0.1, -0.05) is 0 Å². The fraction of sp³-hybridized carbons (Fsp3) is 0.700. The maximum absolute atomic E-state index is 11.3. The van der Waals surface area contributed by atoms with Gasteiger partial charge in [0.25, 0.3) is 6.35 Å². The zero-order valence-electron chi connectivity index (χ0n) is 9.88. The number of esters is 1. The fourth-order valence-corrected chi connectivity index (χ4v) is 1.37. The molecule has 0 amide bonds. The highest BCUT2D eigenvalue weighted by molar-refractivity contribution is 5.70. The van der Waals surface area contributed by atoms with E-state index in [1.807, 2.05) is 29.2 Å². The molecule has 0 saturated carbocycles. The largest absolute Gasteiger partial charge is 0.421 e. The van der Waals surface area contributed by atoms with Crippen molar-refractivity contribution in [3.8, 4) is 0 Å². The molecule has 0 radical (unpaired) electrons. The number of methoxy groups -OCH3 is 2. The average molecular weight is 230 g/mol. The Bertz CT molecular complexity index is 257. The van der Waals surface area contributed by atoms with Crippen molar-refractivity contribution in [3.05, 3.63) is 12.4 Å². The molecule has 1 aliphatic heterocycles. The fourth-order valence-electron chi connectivity index (χ4n) is 1.37. The van der Waals surface area contributed by atoms with Crippen LogP contribution in [0.25, 0.3) is 0 Å². The molecule has 1 heterocycles. The van der Waals surface area contributed by atoms with Crippen LogP contribution < -0.4 is 0 Å². The van der Waals surface area contributed by atoms with Gasteiger partial charge >= 0.3 is 5.97 Å². The first-order valence-corrected chi connectivity index (χ1v) is 5.02. The average Bonchev–Trinajstić information content (AvgIpc) is 2.58. The third-order valence-electron chi connectivity index (χ3n) is 2.18. The van der Waals surface area contributed by atoms with Crippen LogP contribution in [0.5, 0.6) is 0 Å². The van der Waals surface area contributed by atoms with Crippen LogP contribution in [-0.2, 0) is 19.0 Å². The number of hydrogen-bond acceptors (Lipinski definition) is 6. The Balaban J connectivity index is 2.45. The molecular weight excluding hydrogens is 212 g/mol. The molecule has 0 bridgehead atoms. The van der Waals surface area contributed by atoms with Crippen molar-refractivity contribution in [2.24, 2.45) is 0 Å². The van der Waals surface area contributed by atoms with Crippen LogP contribution >= 0.6 is 0 Å². The Hall–Kier alpha value is -1.27. The third kappa shape index (κ3) is 3.39. The van der Waals surface area contributed by atoms with Crippen molar-refractivity contribution in [1.29, 1.82) is 0 Å². The first-order valence-electron chi connectivity index (χ1n) is 5.02. The second-order valence-corrected chi connectivity index (χ2v) is 3.44. The van der Waals surface area contributed by atoms with E-state index in [0.29, 0.717) is 13.2 Å². The highest BCUT2D eigenvalue weighted by atomic mass is 16.6. The molecule has 0 aromatic rings. The van der Waals surface area contributed by atoms with Crippen LogP contribution in [-0.4, -0.2) is 63.1 Å². The Morgan fingerprint density at radius 3 is 2.69 bits per heavy atom. The van der Waals surface area contributed by atoms with Gasteiger partial charge in [-0.3, -0.25) is 0 Å². The first-order chi connectivity index (χ1) is 7.69. The highest BCUT2D eigenvalue weighted by Crippen LogP contribution is 2.14. The Morgan fingerprint density at radius 2 is 2.06 bits per heavy atom. The lowest BCUT2D eigenvalue weighted by molar-refractivity contribution is -0.171. The molecule has 0 spiro atoms. The topological polar surface area (TPSA) is 51.2 Å². The molecule has 1 unspecified atom stereocenters. The smallest absolute Gasteiger partial charge is 0.335 e. The molecular formula is C10H18N2O4. The molecule has 6 nitrogen and oxygen atoms in total. The van der Waals surface area contributed by atoms with Crippen molar-refractivity contribution in [2.45, 2.75) is 6.35 Å². The maximum atomic E-state index is 11.3. The summed E-state index contributed by atoms with van der Waals surface area (Å²) in [6.45, 7) is 1.21. The Labute approximate surface area is 95.4 Å². The van der Waals surface area contributed by atoms with Crippen molar-refractivity contribution < 1.29 is 19.0 Å². The summed E-state index contributed by atoms with van der Waals surface area (Å²) in [5.41, 5.74) is 0. The van der Waals surface area contributed by atoms with Gasteiger partial charge in [0.05, 0.1) is 6.61 Å². The van der Waals surface area contributed by atoms with Crippen LogP contribution in [0.4, 0.5) is 0 Å². The van der Waals surface area contributed by atoms with Gasteiger partial charge in [-0.25, -0.2) is 4.79 Å². The van der Waals surface area contributed by atoms with E-state index in [-0.39, 0.29) is 12.6 Å². The van der Waals surface area contributed by atoms with Gasteiger partial charge in [-0.2, -0.15) is 0 Å². The summed E-state index contributed by atoms with van der Waals surface area (Å²) in [7, 11) is 4.93. The number of carbonyl (C=O) groups excluding carboxylic acids is 1. The molecule has 0 N–H and O–H groups in total. The van der Waals surface area contributed by atoms with Crippen molar-refractivity contribution in [2.75, 3.05) is 41.0 Å². The summed E-state index contributed by atoms with van der Waals surface area (Å²) in [6.07, 6.45) is 3.31. The molecule has 0 fully saturated rings. The zero-order chi connectivity index (χ0) is 12.0. The minimum Gasteiger partial charge on any atom is -0.421 e. The number of hydrogen-bond donors (Lipinski definition) is 0. The summed E-state index contributed by atoms with van der Waals surface area (Å²) >= 11 is 0. The molecule has 1 rings (SSSR count). The van der Waals surface area contributed by atoms with Crippen molar-refractivity contribution >= 4 is 5.97 Å². The predicted molar refractivity (Wildman–Crippen MR) is 57.2 cm³/mol. The van der Waals surface area contributed by atoms with E-state index >= 15 is 0 Å². The van der Waals surface area contributed by atoms with E-state index in [1.54, 1.807) is 7.11 Å². The van der Waals surface area contributed by atoms with E-state index in [9.17, 15) is 4.79 Å². The maximum Gasteiger partial charge on any atom is 0.335 e. The van der Waals surface area contributed by atoms with Gasteiger partial charge in [-0.15, -0.1) is 0 Å². The molecule has 0 aromatic heterocycles. The lowest BCUT2D eigenvalue weighted by Gasteiger charge is -2.29. The second-order valence-electron chi connectivity index (χ2n) is 3.44. The minimum atomic E-state index is -0.405. The SMILES string of the molecule is COCCN1C=CN(C)C1OC(=O)COC. The summed E-state index contributed by atoms with van der Waals surface area (Å²) in [5.74, 6) is -0.384. The van der Waals surface area contributed by atoms with Crippen molar-refractivity contribution in [3.63, 3.8) is 0 Å². The van der Waals surface area contributed by atoms with Crippen LogP contribution in [0.1, 0.15) is 0 Å². The summed E-state index contributed by atoms with van der Waals surface area (Å²) < 4.78 is 14.9. The first kappa shape index (κ1) is 12.8. The zero-order valence-corrected chi connectivity index (χ0v) is 9.88.